The van der Waals surface area contributed by atoms with E-state index in [9.17, 15) is 14.5 Å². The van der Waals surface area contributed by atoms with E-state index in [4.69, 9.17) is 15.2 Å². The zero-order chi connectivity index (χ0) is 23.2. The molecule has 0 spiro atoms. The molecular formula is C23H26FN5O4. The first-order chi connectivity index (χ1) is 16.0. The van der Waals surface area contributed by atoms with Crippen LogP contribution in [0.2, 0.25) is 0 Å². The Balaban J connectivity index is 1.51. The van der Waals surface area contributed by atoms with Crippen molar-refractivity contribution in [3.05, 3.63) is 69.8 Å². The number of nitro groups is 1. The fraction of sp³-hybridized carbons (Fsp3) is 0.348. The summed E-state index contributed by atoms with van der Waals surface area (Å²) >= 11 is 0. The molecule has 1 saturated heterocycles. The largest absolute Gasteiger partial charge is 0.492 e. The van der Waals surface area contributed by atoms with Crippen LogP contribution in [0.5, 0.6) is 11.5 Å². The average molecular weight is 455 g/mol. The predicted molar refractivity (Wildman–Crippen MR) is 123 cm³/mol. The SMILES string of the molecule is NC1=C(F)C=NCN1c1ccccc1OCc1cc([N+](=O)[O-])ccc1OCCN1CCCC1. The lowest BCUT2D eigenvalue weighted by molar-refractivity contribution is -0.385. The zero-order valence-corrected chi connectivity index (χ0v) is 18.2. The highest BCUT2D eigenvalue weighted by Gasteiger charge is 2.21. The maximum atomic E-state index is 13.9. The molecule has 1 fully saturated rings. The third kappa shape index (κ3) is 5.40. The van der Waals surface area contributed by atoms with Crippen molar-refractivity contribution in [3.8, 4) is 11.5 Å². The van der Waals surface area contributed by atoms with Gasteiger partial charge in [-0.05, 0) is 44.1 Å². The van der Waals surface area contributed by atoms with Crippen molar-refractivity contribution in [3.63, 3.8) is 0 Å². The van der Waals surface area contributed by atoms with Crippen molar-refractivity contribution >= 4 is 17.6 Å². The number of ether oxygens (including phenoxy) is 2. The van der Waals surface area contributed by atoms with Crippen LogP contribution in [-0.2, 0) is 6.61 Å². The fourth-order valence-electron chi connectivity index (χ4n) is 3.86. The molecule has 2 heterocycles. The molecule has 0 aromatic heterocycles. The molecule has 0 unspecified atom stereocenters. The first-order valence-corrected chi connectivity index (χ1v) is 10.8. The van der Waals surface area contributed by atoms with Crippen LogP contribution in [0, 0.1) is 10.1 Å². The quantitative estimate of drug-likeness (QED) is 0.455. The lowest BCUT2D eigenvalue weighted by Gasteiger charge is -2.27. The molecule has 0 radical (unpaired) electrons. The van der Waals surface area contributed by atoms with Gasteiger partial charge in [-0.3, -0.25) is 20.0 Å². The van der Waals surface area contributed by atoms with Crippen LogP contribution in [0.25, 0.3) is 0 Å². The van der Waals surface area contributed by atoms with E-state index in [1.54, 1.807) is 30.3 Å². The number of nitro benzene ring substituents is 1. The number of benzene rings is 2. The normalized spacial score (nSPS) is 16.3. The van der Waals surface area contributed by atoms with Gasteiger partial charge in [-0.25, -0.2) is 4.39 Å². The van der Waals surface area contributed by atoms with E-state index in [0.29, 0.717) is 29.4 Å². The smallest absolute Gasteiger partial charge is 0.270 e. The van der Waals surface area contributed by atoms with E-state index >= 15 is 0 Å². The van der Waals surface area contributed by atoms with Crippen molar-refractivity contribution in [1.29, 1.82) is 0 Å². The van der Waals surface area contributed by atoms with E-state index in [2.05, 4.69) is 9.89 Å². The van der Waals surface area contributed by atoms with E-state index in [-0.39, 0.29) is 24.8 Å². The van der Waals surface area contributed by atoms with Crippen molar-refractivity contribution in [2.75, 3.05) is 37.8 Å². The van der Waals surface area contributed by atoms with Gasteiger partial charge in [-0.2, -0.15) is 0 Å². The molecule has 2 aromatic carbocycles. The van der Waals surface area contributed by atoms with Crippen molar-refractivity contribution in [2.24, 2.45) is 10.7 Å². The Bertz CT molecular complexity index is 1070. The maximum Gasteiger partial charge on any atom is 0.270 e. The van der Waals surface area contributed by atoms with Crippen LogP contribution in [0.3, 0.4) is 0 Å². The lowest BCUT2D eigenvalue weighted by atomic mass is 10.2. The Morgan fingerprint density at radius 1 is 1.12 bits per heavy atom. The molecule has 33 heavy (non-hydrogen) atoms. The van der Waals surface area contributed by atoms with E-state index < -0.39 is 10.8 Å². The van der Waals surface area contributed by atoms with Gasteiger partial charge in [0.05, 0.1) is 16.8 Å². The summed E-state index contributed by atoms with van der Waals surface area (Å²) in [4.78, 5) is 18.6. The first-order valence-electron chi connectivity index (χ1n) is 10.8. The highest BCUT2D eigenvalue weighted by atomic mass is 19.1. The third-order valence-electron chi connectivity index (χ3n) is 5.62. The molecule has 0 atom stereocenters. The first kappa shape index (κ1) is 22.5. The average Bonchev–Trinajstić information content (AvgIpc) is 3.34. The second-order valence-corrected chi connectivity index (χ2v) is 7.82. The Morgan fingerprint density at radius 2 is 1.91 bits per heavy atom. The number of hydrogen-bond acceptors (Lipinski definition) is 8. The van der Waals surface area contributed by atoms with Gasteiger partial charge in [0, 0.05) is 24.2 Å². The van der Waals surface area contributed by atoms with Gasteiger partial charge >= 0.3 is 0 Å². The lowest BCUT2D eigenvalue weighted by Crippen LogP contribution is -2.32. The summed E-state index contributed by atoms with van der Waals surface area (Å²) in [6, 6.07) is 11.5. The van der Waals surface area contributed by atoms with Gasteiger partial charge in [-0.15, -0.1) is 0 Å². The number of rotatable bonds is 9. The zero-order valence-electron chi connectivity index (χ0n) is 18.2. The number of non-ortho nitro benzene ring substituents is 1. The van der Waals surface area contributed by atoms with Gasteiger partial charge in [0.25, 0.3) is 5.69 Å². The Labute approximate surface area is 191 Å². The number of nitrogens with two attached hydrogens (primary N) is 1. The number of halogens is 1. The monoisotopic (exact) mass is 455 g/mol. The highest BCUT2D eigenvalue weighted by molar-refractivity contribution is 5.80. The van der Waals surface area contributed by atoms with Crippen molar-refractivity contribution < 1.29 is 18.8 Å². The maximum absolute atomic E-state index is 13.9. The van der Waals surface area contributed by atoms with Crippen LogP contribution in [-0.4, -0.2) is 48.9 Å². The Morgan fingerprint density at radius 3 is 2.70 bits per heavy atom. The Hall–Kier alpha value is -3.66. The molecule has 2 aliphatic heterocycles. The van der Waals surface area contributed by atoms with E-state index in [1.165, 1.54) is 29.9 Å². The molecule has 174 valence electrons. The molecule has 0 bridgehead atoms. The van der Waals surface area contributed by atoms with E-state index in [0.717, 1.165) is 25.8 Å². The summed E-state index contributed by atoms with van der Waals surface area (Å²) in [6.07, 6.45) is 3.48. The molecule has 0 aliphatic carbocycles. The second-order valence-electron chi connectivity index (χ2n) is 7.82. The van der Waals surface area contributed by atoms with Crippen molar-refractivity contribution in [1.82, 2.24) is 4.90 Å². The number of para-hydroxylation sites is 2. The summed E-state index contributed by atoms with van der Waals surface area (Å²) in [7, 11) is 0. The van der Waals surface area contributed by atoms with Crippen LogP contribution < -0.4 is 20.1 Å². The molecule has 2 aromatic rings. The molecular weight excluding hydrogens is 429 g/mol. The van der Waals surface area contributed by atoms with Crippen LogP contribution >= 0.6 is 0 Å². The number of nitrogens with zero attached hydrogens (tertiary/aromatic N) is 4. The molecule has 0 saturated carbocycles. The standard InChI is InChI=1S/C23H26FN5O4/c24-19-14-26-16-28(23(19)25)20-5-1-2-6-22(20)33-15-17-13-18(29(30)31)7-8-21(17)32-12-11-27-9-3-4-10-27/h1-2,5-8,13-14H,3-4,9-12,15-16,25H2. The van der Waals surface area contributed by atoms with Gasteiger partial charge in [0.1, 0.15) is 37.2 Å². The summed E-state index contributed by atoms with van der Waals surface area (Å²) < 4.78 is 25.9. The second kappa shape index (κ2) is 10.3. The number of aliphatic imine (C=N–C) groups is 1. The van der Waals surface area contributed by atoms with Crippen LogP contribution in [0.15, 0.2) is 59.1 Å². The topological polar surface area (TPSA) is 106 Å². The van der Waals surface area contributed by atoms with Gasteiger partial charge in [0.15, 0.2) is 5.83 Å². The molecule has 9 nitrogen and oxygen atoms in total. The van der Waals surface area contributed by atoms with E-state index in [1.807, 2.05) is 0 Å². The third-order valence-corrected chi connectivity index (χ3v) is 5.62. The summed E-state index contributed by atoms with van der Waals surface area (Å²) in [6.45, 7) is 3.59. The van der Waals surface area contributed by atoms with Gasteiger partial charge < -0.3 is 20.1 Å². The predicted octanol–water partition coefficient (Wildman–Crippen LogP) is 3.59. The molecule has 2 N–H and O–H groups in total. The summed E-state index contributed by atoms with van der Waals surface area (Å²) in [5.74, 6) is 0.302. The summed E-state index contributed by atoms with van der Waals surface area (Å²) in [5.41, 5.74) is 6.94. The Kier molecular flexibility index (Phi) is 7.04. The number of allylic oxidation sites excluding steroid dienone is 1. The minimum Gasteiger partial charge on any atom is -0.492 e. The number of anilines is 1. The summed E-state index contributed by atoms with van der Waals surface area (Å²) in [5, 5.41) is 11.3. The van der Waals surface area contributed by atoms with Gasteiger partial charge in [0.2, 0.25) is 0 Å². The van der Waals surface area contributed by atoms with Gasteiger partial charge in [-0.1, -0.05) is 12.1 Å². The minimum atomic E-state index is -0.622. The minimum absolute atomic E-state index is 0.0287. The molecule has 2 aliphatic rings. The molecule has 0 amide bonds. The molecule has 10 heteroatoms. The fourth-order valence-corrected chi connectivity index (χ4v) is 3.86. The highest BCUT2D eigenvalue weighted by Crippen LogP contribution is 2.33. The van der Waals surface area contributed by atoms with Crippen LogP contribution in [0.4, 0.5) is 15.8 Å². The van der Waals surface area contributed by atoms with Crippen LogP contribution in [0.1, 0.15) is 18.4 Å². The van der Waals surface area contributed by atoms with Crippen molar-refractivity contribution in [2.45, 2.75) is 19.4 Å². The number of hydrogen-bond donors (Lipinski definition) is 1. The number of likely N-dealkylation sites (tertiary alicyclic amines) is 1. The molecule has 4 rings (SSSR count).